The van der Waals surface area contributed by atoms with Crippen LogP contribution < -0.4 is 5.43 Å². The molecule has 2 N–H and O–H groups in total. The van der Waals surface area contributed by atoms with Crippen molar-refractivity contribution in [2.45, 2.75) is 70.6 Å². The number of nitrogens with one attached hydrogen (secondary N) is 1. The van der Waals surface area contributed by atoms with Crippen molar-refractivity contribution in [1.82, 2.24) is 10.3 Å². The molecule has 0 spiro atoms. The lowest BCUT2D eigenvalue weighted by Gasteiger charge is -2.37. The van der Waals surface area contributed by atoms with Crippen LogP contribution in [0.1, 0.15) is 51.5 Å². The first kappa shape index (κ1) is 20.4. The van der Waals surface area contributed by atoms with Crippen LogP contribution in [-0.4, -0.2) is 51.4 Å². The zero-order valence-corrected chi connectivity index (χ0v) is 16.6. The molecule has 0 aromatic heterocycles. The molecule has 3 rings (SSSR count). The zero-order chi connectivity index (χ0) is 20.1. The summed E-state index contributed by atoms with van der Waals surface area (Å²) in [6.07, 6.45) is 3.89. The third-order valence-electron chi connectivity index (χ3n) is 5.96. The Morgan fingerprint density at radius 1 is 1.29 bits per heavy atom. The van der Waals surface area contributed by atoms with Gasteiger partial charge in [-0.05, 0) is 61.3 Å². The monoisotopic (exact) mass is 388 g/mol. The summed E-state index contributed by atoms with van der Waals surface area (Å²) in [7, 11) is 0. The number of urea groups is 2. The summed E-state index contributed by atoms with van der Waals surface area (Å²) in [4.78, 5) is 28.0. The number of aliphatic hydroxyl groups excluding tert-OH is 1. The fraction of sp³-hybridized carbons (Fsp3) is 0.600. The predicted octanol–water partition coefficient (Wildman–Crippen LogP) is 3.58. The summed E-state index contributed by atoms with van der Waals surface area (Å²) in [6.45, 7) is 4.29. The van der Waals surface area contributed by atoms with Crippen LogP contribution in [0.15, 0.2) is 40.8 Å². The Kier molecular flexibility index (Phi) is 6.41. The van der Waals surface area contributed by atoms with Gasteiger partial charge in [-0.2, -0.15) is 5.43 Å². The second kappa shape index (κ2) is 8.79. The number of rotatable bonds is 6. The maximum absolute atomic E-state index is 13.6. The van der Waals surface area contributed by atoms with Crippen LogP contribution in [0.5, 0.6) is 0 Å². The minimum Gasteiger partial charge on any atom is -0.393 e. The van der Waals surface area contributed by atoms with Crippen LogP contribution in [0.25, 0.3) is 0 Å². The first-order valence-corrected chi connectivity index (χ1v) is 10.1. The Morgan fingerprint density at radius 2 is 1.96 bits per heavy atom. The Bertz CT molecular complexity index is 718. The standard InChI is InChI=1S/C20H29N5O3/c1-3-24(17-11-13-18(26)14-12-17)20(28)25(19(27)21-22-23-25)15(2)9-10-16-7-5-4-6-8-16/h4-8,15,17-18,26H,3,9-14H2,1-2H3/p+1. The molecule has 1 aromatic carbocycles. The van der Waals surface area contributed by atoms with Crippen LogP contribution in [0.3, 0.4) is 0 Å². The van der Waals surface area contributed by atoms with Crippen LogP contribution in [0.4, 0.5) is 9.59 Å². The minimum absolute atomic E-state index is 0.0147. The van der Waals surface area contributed by atoms with Crippen molar-refractivity contribution in [2.75, 3.05) is 6.54 Å². The van der Waals surface area contributed by atoms with Gasteiger partial charge in [0.25, 0.3) is 0 Å². The van der Waals surface area contributed by atoms with E-state index in [-0.39, 0.29) is 24.2 Å². The lowest BCUT2D eigenvalue weighted by molar-refractivity contribution is -0.804. The van der Waals surface area contributed by atoms with E-state index in [4.69, 9.17) is 0 Å². The lowest BCUT2D eigenvalue weighted by Crippen LogP contribution is -2.64. The average Bonchev–Trinajstić information content (AvgIpc) is 3.11. The molecule has 8 nitrogen and oxygen atoms in total. The van der Waals surface area contributed by atoms with Gasteiger partial charge >= 0.3 is 12.1 Å². The van der Waals surface area contributed by atoms with Crippen LogP contribution in [0.2, 0.25) is 0 Å². The van der Waals surface area contributed by atoms with Gasteiger partial charge in [0, 0.05) is 19.0 Å². The molecule has 2 unspecified atom stereocenters. The third kappa shape index (κ3) is 3.93. The normalized spacial score (nSPS) is 28.0. The fourth-order valence-corrected chi connectivity index (χ4v) is 4.18. The minimum atomic E-state index is -0.667. The van der Waals surface area contributed by atoms with Gasteiger partial charge in [-0.15, -0.1) is 0 Å². The van der Waals surface area contributed by atoms with Crippen LogP contribution in [0, 0.1) is 0 Å². The molecule has 1 saturated carbocycles. The molecule has 1 aromatic rings. The van der Waals surface area contributed by atoms with Gasteiger partial charge in [0.2, 0.25) is 0 Å². The number of quaternary nitrogens is 1. The van der Waals surface area contributed by atoms with Gasteiger partial charge in [-0.3, -0.25) is 4.90 Å². The van der Waals surface area contributed by atoms with E-state index in [1.54, 1.807) is 4.90 Å². The van der Waals surface area contributed by atoms with Crippen molar-refractivity contribution in [1.29, 1.82) is 0 Å². The number of hydrogen-bond donors (Lipinski definition) is 2. The highest BCUT2D eigenvalue weighted by Gasteiger charge is 2.57. The second-order valence-electron chi connectivity index (χ2n) is 7.70. The molecule has 0 saturated heterocycles. The predicted molar refractivity (Wildman–Crippen MR) is 104 cm³/mol. The highest BCUT2D eigenvalue weighted by Crippen LogP contribution is 2.31. The van der Waals surface area contributed by atoms with Crippen LogP contribution >= 0.6 is 0 Å². The molecule has 1 aliphatic heterocycles. The van der Waals surface area contributed by atoms with Crippen molar-refractivity contribution in [3.05, 3.63) is 35.9 Å². The molecular formula is C20H30N5O3+. The van der Waals surface area contributed by atoms with Gasteiger partial charge in [0.05, 0.1) is 11.3 Å². The topological polar surface area (TPSA) is 94.4 Å². The molecule has 0 radical (unpaired) electrons. The summed E-state index contributed by atoms with van der Waals surface area (Å²) in [5.41, 5.74) is 3.52. The number of carbonyl (C=O) groups excluding carboxylic acids is 2. The second-order valence-corrected chi connectivity index (χ2v) is 7.70. The van der Waals surface area contributed by atoms with E-state index in [0.29, 0.717) is 25.8 Å². The van der Waals surface area contributed by atoms with Crippen molar-refractivity contribution in [2.24, 2.45) is 10.4 Å². The highest BCUT2D eigenvalue weighted by atomic mass is 16.3. The number of nitrogens with zero attached hydrogens (tertiary/aromatic N) is 4. The number of aryl methyl sites for hydroxylation is 1. The van der Waals surface area contributed by atoms with Gasteiger partial charge in [0.1, 0.15) is 6.04 Å². The summed E-state index contributed by atoms with van der Waals surface area (Å²) < 4.78 is -0.667. The summed E-state index contributed by atoms with van der Waals surface area (Å²) in [6, 6.07) is 8.84. The van der Waals surface area contributed by atoms with Crippen molar-refractivity contribution >= 4 is 12.1 Å². The molecule has 8 heteroatoms. The Morgan fingerprint density at radius 3 is 2.54 bits per heavy atom. The van der Waals surface area contributed by atoms with E-state index in [1.165, 1.54) is 0 Å². The summed E-state index contributed by atoms with van der Waals surface area (Å²) in [5, 5.41) is 17.6. The highest BCUT2D eigenvalue weighted by molar-refractivity contribution is 5.83. The molecule has 4 amide bonds. The Hall–Kier alpha value is -2.32. The Labute approximate surface area is 165 Å². The van der Waals surface area contributed by atoms with E-state index in [1.807, 2.05) is 44.2 Å². The molecule has 2 aliphatic rings. The lowest BCUT2D eigenvalue weighted by atomic mass is 9.92. The van der Waals surface area contributed by atoms with Crippen molar-refractivity contribution in [3.63, 3.8) is 0 Å². The van der Waals surface area contributed by atoms with Crippen LogP contribution in [-0.2, 0) is 6.42 Å². The first-order chi connectivity index (χ1) is 13.5. The van der Waals surface area contributed by atoms with E-state index >= 15 is 0 Å². The quantitative estimate of drug-likeness (QED) is 0.729. The fourth-order valence-electron chi connectivity index (χ4n) is 4.18. The van der Waals surface area contributed by atoms with Crippen molar-refractivity contribution in [3.8, 4) is 0 Å². The number of aliphatic hydroxyl groups is 1. The van der Waals surface area contributed by atoms with Gasteiger partial charge in [-0.1, -0.05) is 30.3 Å². The number of benzene rings is 1. The number of carbonyl (C=O) groups is 2. The SMILES string of the molecule is CCN(C(=O)[N+]1(C(C)CCc2ccccc2)N=NNC1=O)C1CCC(O)CC1. The molecule has 2 atom stereocenters. The number of hydrogen-bond acceptors (Lipinski definition) is 5. The Balaban J connectivity index is 1.78. The summed E-state index contributed by atoms with van der Waals surface area (Å²) in [5.74, 6) is 0. The third-order valence-corrected chi connectivity index (χ3v) is 5.96. The molecule has 1 fully saturated rings. The summed E-state index contributed by atoms with van der Waals surface area (Å²) >= 11 is 0. The maximum atomic E-state index is 13.6. The van der Waals surface area contributed by atoms with Gasteiger partial charge < -0.3 is 5.11 Å². The number of imide groups is 1. The zero-order valence-electron chi connectivity index (χ0n) is 16.6. The van der Waals surface area contributed by atoms with E-state index in [9.17, 15) is 14.7 Å². The largest absolute Gasteiger partial charge is 0.475 e. The molecule has 1 aliphatic carbocycles. The molecule has 28 heavy (non-hydrogen) atoms. The van der Waals surface area contributed by atoms with E-state index < -0.39 is 10.6 Å². The van der Waals surface area contributed by atoms with Crippen molar-refractivity contribution < 1.29 is 19.3 Å². The molecular weight excluding hydrogens is 358 g/mol. The maximum Gasteiger partial charge on any atom is 0.475 e. The smallest absolute Gasteiger partial charge is 0.393 e. The molecule has 1 heterocycles. The van der Waals surface area contributed by atoms with Gasteiger partial charge in [0.15, 0.2) is 0 Å². The van der Waals surface area contributed by atoms with E-state index in [0.717, 1.165) is 24.8 Å². The van der Waals surface area contributed by atoms with E-state index in [2.05, 4.69) is 15.9 Å². The van der Waals surface area contributed by atoms with Gasteiger partial charge in [-0.25, -0.2) is 9.59 Å². The molecule has 152 valence electrons. The molecule has 0 bridgehead atoms. The average molecular weight is 388 g/mol. The first-order valence-electron chi connectivity index (χ1n) is 10.1. The number of amides is 4.